The van der Waals surface area contributed by atoms with E-state index in [4.69, 9.17) is 8.83 Å². The summed E-state index contributed by atoms with van der Waals surface area (Å²) in [5.74, 6) is 0.279. The first kappa shape index (κ1) is 41.8. The summed E-state index contributed by atoms with van der Waals surface area (Å²) in [7, 11) is 0. The molecule has 0 atom stereocenters. The molecule has 5 heteroatoms. The number of phenols is 1. The summed E-state index contributed by atoms with van der Waals surface area (Å²) < 4.78 is 14.1. The zero-order valence-corrected chi connectivity index (χ0v) is 39.2. The molecule has 0 aliphatic rings. The van der Waals surface area contributed by atoms with Gasteiger partial charge in [-0.25, -0.2) is 0 Å². The average Bonchev–Trinajstić information content (AvgIpc) is 4.00. The van der Waals surface area contributed by atoms with Crippen molar-refractivity contribution >= 4 is 88.8 Å². The van der Waals surface area contributed by atoms with Gasteiger partial charge in [0.15, 0.2) is 5.58 Å². The van der Waals surface area contributed by atoms with Crippen molar-refractivity contribution in [2.45, 2.75) is 13.8 Å². The number of rotatable bonds is 9. The van der Waals surface area contributed by atoms with Crippen LogP contribution in [0.3, 0.4) is 0 Å². The molecule has 2 aromatic heterocycles. The number of hydrogen-bond acceptors (Lipinski definition) is 5. The van der Waals surface area contributed by atoms with Crippen LogP contribution in [-0.2, 0) is 0 Å². The van der Waals surface area contributed by atoms with E-state index in [0.29, 0.717) is 0 Å². The minimum Gasteiger partial charge on any atom is -0.507 e. The lowest BCUT2D eigenvalue weighted by Crippen LogP contribution is -2.12. The number of aryl methyl sites for hydroxylation is 2. The first-order chi connectivity index (χ1) is 35.0. The minimum absolute atomic E-state index is 0.279. The van der Waals surface area contributed by atoms with E-state index >= 15 is 0 Å². The summed E-state index contributed by atoms with van der Waals surface area (Å²) in [5.41, 5.74) is 17.1. The van der Waals surface area contributed by atoms with Crippen LogP contribution in [0.1, 0.15) is 11.1 Å². The molecular formula is C66H46N2O3. The number of nitrogens with zero attached hydrogens (tertiary/aromatic N) is 2. The third-order valence-corrected chi connectivity index (χ3v) is 14.0. The van der Waals surface area contributed by atoms with Crippen LogP contribution >= 0.6 is 0 Å². The lowest BCUT2D eigenvalue weighted by atomic mass is 9.97. The fourth-order valence-corrected chi connectivity index (χ4v) is 10.6. The minimum atomic E-state index is 0.279. The fraction of sp³-hybridized carbons (Fsp3) is 0.0303. The van der Waals surface area contributed by atoms with Crippen LogP contribution in [-0.4, -0.2) is 5.11 Å². The molecule has 0 saturated carbocycles. The Hall–Kier alpha value is -9.32. The van der Waals surface area contributed by atoms with Gasteiger partial charge in [-0.15, -0.1) is 0 Å². The summed E-state index contributed by atoms with van der Waals surface area (Å²) in [6, 6.07) is 82.9. The van der Waals surface area contributed by atoms with Gasteiger partial charge in [-0.3, -0.25) is 0 Å². The molecule has 0 fully saturated rings. The number of benzene rings is 11. The molecule has 0 bridgehead atoms. The molecule has 0 radical (unpaired) electrons. The Bertz CT molecular complexity index is 4170. The molecule has 0 unspecified atom stereocenters. The molecule has 0 spiro atoms. The molecule has 11 aromatic carbocycles. The molecule has 13 aromatic rings. The monoisotopic (exact) mass is 914 g/mol. The molecule has 0 amide bonds. The molecule has 0 saturated heterocycles. The molecule has 71 heavy (non-hydrogen) atoms. The summed E-state index contributed by atoms with van der Waals surface area (Å²) in [6.45, 7) is 4.04. The lowest BCUT2D eigenvalue weighted by molar-refractivity contribution is 0.473. The van der Waals surface area contributed by atoms with E-state index in [9.17, 15) is 5.11 Å². The molecule has 338 valence electrons. The van der Waals surface area contributed by atoms with Gasteiger partial charge in [0.2, 0.25) is 0 Å². The second-order valence-corrected chi connectivity index (χ2v) is 18.3. The Balaban J connectivity index is 1.05. The maximum atomic E-state index is 11.3. The summed E-state index contributed by atoms with van der Waals surface area (Å²) in [5, 5.41) is 17.7. The van der Waals surface area contributed by atoms with Gasteiger partial charge in [-0.1, -0.05) is 182 Å². The van der Waals surface area contributed by atoms with Gasteiger partial charge in [0.05, 0.1) is 28.4 Å². The molecule has 0 aliphatic carbocycles. The Labute approximate surface area is 411 Å². The highest BCUT2D eigenvalue weighted by Crippen LogP contribution is 2.50. The van der Waals surface area contributed by atoms with Crippen LogP contribution in [0.4, 0.5) is 34.1 Å². The van der Waals surface area contributed by atoms with Crippen LogP contribution in [0.2, 0.25) is 0 Å². The molecule has 13 rings (SSSR count). The van der Waals surface area contributed by atoms with Crippen molar-refractivity contribution in [1.29, 1.82) is 0 Å². The normalized spacial score (nSPS) is 11.6. The number of para-hydroxylation sites is 5. The van der Waals surface area contributed by atoms with E-state index in [0.717, 1.165) is 133 Å². The first-order valence-corrected chi connectivity index (χ1v) is 24.1. The van der Waals surface area contributed by atoms with Crippen LogP contribution in [0.5, 0.6) is 5.75 Å². The number of hydrogen-bond donors (Lipinski definition) is 1. The van der Waals surface area contributed by atoms with Crippen LogP contribution in [0.15, 0.2) is 245 Å². The highest BCUT2D eigenvalue weighted by molar-refractivity contribution is 6.23. The number of furan rings is 2. The van der Waals surface area contributed by atoms with E-state index in [1.807, 2.05) is 25.1 Å². The zero-order valence-electron chi connectivity index (χ0n) is 39.2. The highest BCUT2D eigenvalue weighted by atomic mass is 16.3. The third kappa shape index (κ3) is 7.01. The average molecular weight is 915 g/mol. The predicted molar refractivity (Wildman–Crippen MR) is 295 cm³/mol. The lowest BCUT2D eigenvalue weighted by Gasteiger charge is -2.29. The van der Waals surface area contributed by atoms with Crippen molar-refractivity contribution in [1.82, 2.24) is 0 Å². The van der Waals surface area contributed by atoms with Crippen molar-refractivity contribution in [3.8, 4) is 39.1 Å². The Kier molecular flexibility index (Phi) is 10.0. The fourth-order valence-electron chi connectivity index (χ4n) is 10.6. The smallest absolute Gasteiger partial charge is 0.159 e. The topological polar surface area (TPSA) is 53.0 Å². The summed E-state index contributed by atoms with van der Waals surface area (Å²) in [6.07, 6.45) is 0. The van der Waals surface area contributed by atoms with E-state index in [-0.39, 0.29) is 5.75 Å². The highest BCUT2D eigenvalue weighted by Gasteiger charge is 2.26. The second kappa shape index (κ2) is 17.0. The molecule has 0 aliphatic heterocycles. The van der Waals surface area contributed by atoms with Gasteiger partial charge in [0.25, 0.3) is 0 Å². The predicted octanol–water partition coefficient (Wildman–Crippen LogP) is 18.9. The summed E-state index contributed by atoms with van der Waals surface area (Å²) >= 11 is 0. The van der Waals surface area contributed by atoms with E-state index in [1.54, 1.807) is 0 Å². The van der Waals surface area contributed by atoms with Crippen LogP contribution in [0.25, 0.3) is 88.0 Å². The van der Waals surface area contributed by atoms with Crippen molar-refractivity contribution in [3.05, 3.63) is 248 Å². The van der Waals surface area contributed by atoms with Gasteiger partial charge in [-0.05, 0) is 89.5 Å². The number of aromatic hydroxyl groups is 1. The summed E-state index contributed by atoms with van der Waals surface area (Å²) in [4.78, 5) is 4.66. The molecular weight excluding hydrogens is 869 g/mol. The molecule has 5 nitrogen and oxygen atoms in total. The SMILES string of the molecule is Cc1cccc(-c2cccc(N(c3ccccc3-c3ccccc3)c3cc4oc5cc(N(c6ccccc6-c6ccccc6)c6cccc7c6oc6c(C)cccc67)ccc5c4c4ccccc34)c2)c1O. The van der Waals surface area contributed by atoms with Crippen LogP contribution < -0.4 is 9.80 Å². The quantitative estimate of drug-likeness (QED) is 0.156. The van der Waals surface area contributed by atoms with Crippen molar-refractivity contribution < 1.29 is 13.9 Å². The number of phenolic OH excluding ortho intramolecular Hbond substituents is 1. The van der Waals surface area contributed by atoms with Gasteiger partial charge >= 0.3 is 0 Å². The zero-order chi connectivity index (χ0) is 47.6. The maximum absolute atomic E-state index is 11.3. The van der Waals surface area contributed by atoms with E-state index < -0.39 is 0 Å². The number of anilines is 6. The van der Waals surface area contributed by atoms with Crippen molar-refractivity contribution in [2.75, 3.05) is 9.80 Å². The maximum Gasteiger partial charge on any atom is 0.159 e. The Morgan fingerprint density at radius 1 is 0.324 bits per heavy atom. The van der Waals surface area contributed by atoms with Gasteiger partial charge < -0.3 is 23.7 Å². The Morgan fingerprint density at radius 3 is 1.58 bits per heavy atom. The van der Waals surface area contributed by atoms with Crippen molar-refractivity contribution in [3.63, 3.8) is 0 Å². The third-order valence-electron chi connectivity index (χ3n) is 14.0. The van der Waals surface area contributed by atoms with Crippen LogP contribution in [0, 0.1) is 13.8 Å². The Morgan fingerprint density at radius 2 is 0.845 bits per heavy atom. The second-order valence-electron chi connectivity index (χ2n) is 18.3. The first-order valence-electron chi connectivity index (χ1n) is 24.1. The van der Waals surface area contributed by atoms with Gasteiger partial charge in [0, 0.05) is 61.4 Å². The molecule has 2 heterocycles. The van der Waals surface area contributed by atoms with E-state index in [1.165, 1.54) is 0 Å². The number of fused-ring (bicyclic) bond motifs is 8. The largest absolute Gasteiger partial charge is 0.507 e. The molecule has 1 N–H and O–H groups in total. The van der Waals surface area contributed by atoms with Crippen molar-refractivity contribution in [2.24, 2.45) is 0 Å². The van der Waals surface area contributed by atoms with Gasteiger partial charge in [0.1, 0.15) is 22.5 Å². The van der Waals surface area contributed by atoms with Gasteiger partial charge in [-0.2, -0.15) is 0 Å². The van der Waals surface area contributed by atoms with E-state index in [2.05, 4.69) is 235 Å². The standard InChI is InChI=1S/C66H46N2O3/c1-42-19-15-31-51(64(42)69)46-25-17-26-47(39-46)68(58-35-14-12-28-50(58)45-23-7-4-8-24-45)60-41-62-63(53-30-10-9-29-52(53)60)56-38-37-48(40-61(56)70-62)67(57-34-13-11-27-49(57)44-21-5-3-6-22-44)59-36-18-33-55-54-32-16-20-43(2)65(54)71-66(55)59/h3-41,69H,1-2H3.